The first-order valence-corrected chi connectivity index (χ1v) is 7.88. The molecule has 0 bridgehead atoms. The molecular weight excluding hydrogens is 264 g/mol. The Morgan fingerprint density at radius 2 is 2.11 bits per heavy atom. The summed E-state index contributed by atoms with van der Waals surface area (Å²) in [7, 11) is -2.05. The van der Waals surface area contributed by atoms with Gasteiger partial charge in [-0.2, -0.15) is 0 Å². The van der Waals surface area contributed by atoms with E-state index in [2.05, 4.69) is 4.72 Å². The van der Waals surface area contributed by atoms with Gasteiger partial charge in [0.05, 0.1) is 12.8 Å². The zero-order valence-corrected chi connectivity index (χ0v) is 12.0. The van der Waals surface area contributed by atoms with Crippen LogP contribution in [0.25, 0.3) is 0 Å². The molecule has 1 aromatic carbocycles. The number of ether oxygens (including phenoxy) is 1. The lowest BCUT2D eigenvalue weighted by Crippen LogP contribution is -2.40. The monoisotopic (exact) mass is 284 g/mol. The molecule has 0 spiro atoms. The number of methoxy groups -OCH3 is 1. The first-order valence-electron chi connectivity index (χ1n) is 6.40. The smallest absolute Gasteiger partial charge is 0.242 e. The van der Waals surface area contributed by atoms with Crippen molar-refractivity contribution in [2.75, 3.05) is 12.8 Å². The Kier molecular flexibility index (Phi) is 4.01. The predicted octanol–water partition coefficient (Wildman–Crippen LogP) is 1.74. The summed E-state index contributed by atoms with van der Waals surface area (Å²) in [6.07, 6.45) is 3.35. The summed E-state index contributed by atoms with van der Waals surface area (Å²) >= 11 is 0. The van der Waals surface area contributed by atoms with Crippen LogP contribution in [0.3, 0.4) is 0 Å². The van der Waals surface area contributed by atoms with Gasteiger partial charge in [-0.25, -0.2) is 13.1 Å². The van der Waals surface area contributed by atoms with E-state index in [0.29, 0.717) is 11.7 Å². The van der Waals surface area contributed by atoms with Crippen molar-refractivity contribution in [3.05, 3.63) is 18.2 Å². The van der Waals surface area contributed by atoms with Crippen LogP contribution in [0.1, 0.15) is 26.2 Å². The number of nitrogens with one attached hydrogen (secondary N) is 1. The molecule has 6 heteroatoms. The van der Waals surface area contributed by atoms with Crippen molar-refractivity contribution in [3.63, 3.8) is 0 Å². The van der Waals surface area contributed by atoms with Gasteiger partial charge < -0.3 is 10.5 Å². The average Bonchev–Trinajstić information content (AvgIpc) is 2.24. The van der Waals surface area contributed by atoms with E-state index >= 15 is 0 Å². The molecule has 106 valence electrons. The van der Waals surface area contributed by atoms with Crippen molar-refractivity contribution in [1.82, 2.24) is 4.72 Å². The molecule has 0 aromatic heterocycles. The first kappa shape index (κ1) is 14.1. The normalized spacial score (nSPS) is 17.8. The summed E-state index contributed by atoms with van der Waals surface area (Å²) in [5.41, 5.74) is 5.98. The van der Waals surface area contributed by atoms with Gasteiger partial charge in [-0.15, -0.1) is 0 Å². The molecule has 19 heavy (non-hydrogen) atoms. The highest BCUT2D eigenvalue weighted by molar-refractivity contribution is 7.89. The molecule has 2 rings (SSSR count). The van der Waals surface area contributed by atoms with E-state index in [4.69, 9.17) is 10.5 Å². The first-order chi connectivity index (χ1) is 8.94. The number of hydrogen-bond donors (Lipinski definition) is 2. The van der Waals surface area contributed by atoms with Gasteiger partial charge in [0.1, 0.15) is 10.6 Å². The molecule has 1 saturated carbocycles. The summed E-state index contributed by atoms with van der Waals surface area (Å²) in [4.78, 5) is 0.111. The van der Waals surface area contributed by atoms with Crippen LogP contribution in [0, 0.1) is 5.92 Å². The largest absolute Gasteiger partial charge is 0.497 e. The lowest BCUT2D eigenvalue weighted by molar-refractivity contribution is 0.260. The van der Waals surface area contributed by atoms with E-state index in [9.17, 15) is 8.42 Å². The molecule has 5 nitrogen and oxygen atoms in total. The number of sulfonamides is 1. The summed E-state index contributed by atoms with van der Waals surface area (Å²) < 4.78 is 32.3. The maximum atomic E-state index is 12.3. The maximum absolute atomic E-state index is 12.3. The summed E-state index contributed by atoms with van der Waals surface area (Å²) in [6, 6.07) is 4.53. The van der Waals surface area contributed by atoms with Gasteiger partial charge in [-0.05, 0) is 37.8 Å². The van der Waals surface area contributed by atoms with E-state index < -0.39 is 10.0 Å². The highest BCUT2D eigenvalue weighted by Crippen LogP contribution is 2.31. The summed E-state index contributed by atoms with van der Waals surface area (Å²) in [5, 5.41) is 0. The lowest BCUT2D eigenvalue weighted by atomic mass is 9.81. The van der Waals surface area contributed by atoms with Crippen LogP contribution in [0.15, 0.2) is 23.1 Å². The Hall–Kier alpha value is -1.27. The Morgan fingerprint density at radius 3 is 2.58 bits per heavy atom. The molecule has 0 saturated heterocycles. The van der Waals surface area contributed by atoms with Crippen molar-refractivity contribution in [2.45, 2.75) is 37.1 Å². The van der Waals surface area contributed by atoms with Crippen molar-refractivity contribution in [3.8, 4) is 5.75 Å². The van der Waals surface area contributed by atoms with Gasteiger partial charge in [-0.1, -0.05) is 6.42 Å². The molecule has 1 fully saturated rings. The molecular formula is C13H20N2O3S. The topological polar surface area (TPSA) is 81.4 Å². The molecule has 0 heterocycles. The van der Waals surface area contributed by atoms with Crippen molar-refractivity contribution >= 4 is 15.7 Å². The van der Waals surface area contributed by atoms with Crippen LogP contribution in [0.2, 0.25) is 0 Å². The van der Waals surface area contributed by atoms with Crippen molar-refractivity contribution in [2.24, 2.45) is 5.92 Å². The molecule has 0 aliphatic heterocycles. The second kappa shape index (κ2) is 5.38. The molecule has 1 atom stereocenters. The van der Waals surface area contributed by atoms with Crippen LogP contribution in [0.4, 0.5) is 5.69 Å². The van der Waals surface area contributed by atoms with E-state index in [1.54, 1.807) is 6.07 Å². The van der Waals surface area contributed by atoms with Crippen LogP contribution < -0.4 is 15.2 Å². The van der Waals surface area contributed by atoms with Crippen LogP contribution in [0.5, 0.6) is 5.75 Å². The number of nitrogens with two attached hydrogens (primary N) is 1. The van der Waals surface area contributed by atoms with Gasteiger partial charge in [-0.3, -0.25) is 0 Å². The highest BCUT2D eigenvalue weighted by Gasteiger charge is 2.28. The standard InChI is InChI=1S/C13H20N2O3S/c1-9(10-4-3-5-10)15-19(16,17)13-7-6-11(18-2)8-12(13)14/h6-10,15H,3-5,14H2,1-2H3. The minimum absolute atomic E-state index is 0.0553. The van der Waals surface area contributed by atoms with Gasteiger partial charge in [0, 0.05) is 12.1 Å². The molecule has 0 radical (unpaired) electrons. The third-order valence-corrected chi connectivity index (χ3v) is 5.34. The molecule has 1 aliphatic rings. The zero-order valence-electron chi connectivity index (χ0n) is 11.2. The Labute approximate surface area is 114 Å². The second-order valence-electron chi connectivity index (χ2n) is 5.00. The Morgan fingerprint density at radius 1 is 1.42 bits per heavy atom. The SMILES string of the molecule is COc1ccc(S(=O)(=O)NC(C)C2CCC2)c(N)c1. The van der Waals surface area contributed by atoms with Gasteiger partial charge >= 0.3 is 0 Å². The number of hydrogen-bond acceptors (Lipinski definition) is 4. The van der Waals surface area contributed by atoms with Crippen molar-refractivity contribution < 1.29 is 13.2 Å². The molecule has 1 unspecified atom stereocenters. The van der Waals surface area contributed by atoms with Crippen LogP contribution in [-0.4, -0.2) is 21.6 Å². The molecule has 0 amide bonds. The van der Waals surface area contributed by atoms with Crippen molar-refractivity contribution in [1.29, 1.82) is 0 Å². The highest BCUT2D eigenvalue weighted by atomic mass is 32.2. The maximum Gasteiger partial charge on any atom is 0.242 e. The lowest BCUT2D eigenvalue weighted by Gasteiger charge is -2.31. The fourth-order valence-corrected chi connectivity index (χ4v) is 3.67. The number of nitrogen functional groups attached to an aromatic ring is 1. The summed E-state index contributed by atoms with van der Waals surface area (Å²) in [5.74, 6) is 0.984. The van der Waals surface area contributed by atoms with E-state index in [-0.39, 0.29) is 16.6 Å². The average molecular weight is 284 g/mol. The molecule has 1 aliphatic carbocycles. The van der Waals surface area contributed by atoms with Gasteiger partial charge in [0.15, 0.2) is 0 Å². The second-order valence-corrected chi connectivity index (χ2v) is 6.69. The predicted molar refractivity (Wildman–Crippen MR) is 74.5 cm³/mol. The Balaban J connectivity index is 2.18. The van der Waals surface area contributed by atoms with Gasteiger partial charge in [0.2, 0.25) is 10.0 Å². The third-order valence-electron chi connectivity index (χ3n) is 3.70. The number of benzene rings is 1. The van der Waals surface area contributed by atoms with Crippen LogP contribution in [-0.2, 0) is 10.0 Å². The minimum Gasteiger partial charge on any atom is -0.497 e. The number of rotatable bonds is 5. The zero-order chi connectivity index (χ0) is 14.0. The molecule has 1 aromatic rings. The van der Waals surface area contributed by atoms with E-state index in [1.165, 1.54) is 25.7 Å². The summed E-state index contributed by atoms with van der Waals surface area (Å²) in [6.45, 7) is 1.90. The third kappa shape index (κ3) is 3.01. The van der Waals surface area contributed by atoms with E-state index in [0.717, 1.165) is 12.8 Å². The molecule has 3 N–H and O–H groups in total. The van der Waals surface area contributed by atoms with E-state index in [1.807, 2.05) is 6.92 Å². The van der Waals surface area contributed by atoms with Gasteiger partial charge in [0.25, 0.3) is 0 Å². The quantitative estimate of drug-likeness (QED) is 0.807. The minimum atomic E-state index is -3.57. The Bertz CT molecular complexity index is 553. The number of anilines is 1. The van der Waals surface area contributed by atoms with Crippen LogP contribution >= 0.6 is 0 Å². The fourth-order valence-electron chi connectivity index (χ4n) is 2.24. The fraction of sp³-hybridized carbons (Fsp3) is 0.538.